The zero-order valence-corrected chi connectivity index (χ0v) is 10.8. The van der Waals surface area contributed by atoms with Crippen molar-refractivity contribution >= 4 is 5.69 Å². The smallest absolute Gasteiger partial charge is 0.144 e. The van der Waals surface area contributed by atoms with Crippen LogP contribution in [0.5, 0.6) is 5.75 Å². The molecule has 0 aromatic heterocycles. The van der Waals surface area contributed by atoms with Crippen LogP contribution in [-0.2, 0) is 6.54 Å². The molecule has 0 unspecified atom stereocenters. The van der Waals surface area contributed by atoms with Gasteiger partial charge in [0.1, 0.15) is 17.4 Å². The number of rotatable bonds is 4. The van der Waals surface area contributed by atoms with Crippen molar-refractivity contribution in [1.82, 2.24) is 0 Å². The highest BCUT2D eigenvalue weighted by atomic mass is 19.1. The predicted octanol–water partition coefficient (Wildman–Crippen LogP) is 3.46. The number of benzene rings is 2. The lowest BCUT2D eigenvalue weighted by Crippen LogP contribution is -2.04. The summed E-state index contributed by atoms with van der Waals surface area (Å²) in [5.74, 6) is -0.482. The van der Waals surface area contributed by atoms with Crippen LogP contribution in [0.2, 0.25) is 0 Å². The van der Waals surface area contributed by atoms with Gasteiger partial charge in [0.25, 0.3) is 0 Å². The molecule has 0 aliphatic rings. The van der Waals surface area contributed by atoms with Gasteiger partial charge in [-0.05, 0) is 30.3 Å². The Labute approximate surface area is 115 Å². The molecule has 1 N–H and O–H groups in total. The van der Waals surface area contributed by atoms with Crippen LogP contribution in [0.4, 0.5) is 14.5 Å². The van der Waals surface area contributed by atoms with Crippen molar-refractivity contribution in [3.8, 4) is 11.8 Å². The number of hydrogen-bond donors (Lipinski definition) is 1. The molecule has 2 aromatic carbocycles. The number of hydrogen-bond acceptors (Lipinski definition) is 3. The molecule has 102 valence electrons. The molecule has 2 rings (SSSR count). The molecule has 0 atom stereocenters. The molecule has 2 aromatic rings. The molecule has 0 spiro atoms. The van der Waals surface area contributed by atoms with E-state index in [4.69, 9.17) is 10.00 Å². The van der Waals surface area contributed by atoms with Gasteiger partial charge in [-0.25, -0.2) is 8.78 Å². The third-order valence-electron chi connectivity index (χ3n) is 2.81. The summed E-state index contributed by atoms with van der Waals surface area (Å²) in [7, 11) is 1.43. The zero-order valence-electron chi connectivity index (χ0n) is 10.8. The molecular formula is C15H12F2N2O. The highest BCUT2D eigenvalue weighted by Crippen LogP contribution is 2.25. The fourth-order valence-electron chi connectivity index (χ4n) is 1.78. The Morgan fingerprint density at radius 3 is 2.70 bits per heavy atom. The fourth-order valence-corrected chi connectivity index (χ4v) is 1.78. The lowest BCUT2D eigenvalue weighted by molar-refractivity contribution is 0.413. The first-order valence-electron chi connectivity index (χ1n) is 5.90. The summed E-state index contributed by atoms with van der Waals surface area (Å²) in [6.45, 7) is 0.170. The Hall–Kier alpha value is -2.61. The van der Waals surface area contributed by atoms with Gasteiger partial charge < -0.3 is 10.1 Å². The average molecular weight is 274 g/mol. The Morgan fingerprint density at radius 2 is 2.00 bits per heavy atom. The van der Waals surface area contributed by atoms with Crippen LogP contribution in [0, 0.1) is 23.0 Å². The van der Waals surface area contributed by atoms with Crippen LogP contribution in [0.15, 0.2) is 36.4 Å². The van der Waals surface area contributed by atoms with Gasteiger partial charge in [-0.3, -0.25) is 0 Å². The number of halogens is 2. The third kappa shape index (κ3) is 3.04. The van der Waals surface area contributed by atoms with E-state index in [-0.39, 0.29) is 6.54 Å². The largest absolute Gasteiger partial charge is 0.494 e. The minimum absolute atomic E-state index is 0.170. The molecular weight excluding hydrogens is 262 g/mol. The summed E-state index contributed by atoms with van der Waals surface area (Å²) in [6, 6.07) is 10.1. The Bertz CT molecular complexity index is 665. The van der Waals surface area contributed by atoms with Gasteiger partial charge in [0.05, 0.1) is 24.4 Å². The number of anilines is 1. The van der Waals surface area contributed by atoms with Crippen LogP contribution in [0.3, 0.4) is 0 Å². The maximum atomic E-state index is 13.6. The van der Waals surface area contributed by atoms with Gasteiger partial charge in [-0.2, -0.15) is 5.26 Å². The Balaban J connectivity index is 2.19. The van der Waals surface area contributed by atoms with Crippen LogP contribution in [0.1, 0.15) is 11.1 Å². The summed E-state index contributed by atoms with van der Waals surface area (Å²) in [4.78, 5) is 0. The van der Waals surface area contributed by atoms with Crippen molar-refractivity contribution in [3.05, 3.63) is 59.2 Å². The molecule has 20 heavy (non-hydrogen) atoms. The zero-order chi connectivity index (χ0) is 14.5. The second kappa shape index (κ2) is 6.02. The topological polar surface area (TPSA) is 45.0 Å². The van der Waals surface area contributed by atoms with Crippen molar-refractivity contribution in [2.75, 3.05) is 12.4 Å². The minimum atomic E-state index is -0.412. The maximum absolute atomic E-state index is 13.6. The summed E-state index contributed by atoms with van der Waals surface area (Å²) < 4.78 is 31.7. The van der Waals surface area contributed by atoms with E-state index in [1.165, 1.54) is 43.5 Å². The summed E-state index contributed by atoms with van der Waals surface area (Å²) in [5, 5.41) is 11.8. The molecule has 0 aliphatic heterocycles. The molecule has 5 heteroatoms. The monoisotopic (exact) mass is 274 g/mol. The van der Waals surface area contributed by atoms with Crippen LogP contribution >= 0.6 is 0 Å². The SMILES string of the molecule is COc1cc(F)ccc1NCc1cc(C#N)ccc1F. The van der Waals surface area contributed by atoms with E-state index in [9.17, 15) is 8.78 Å². The first-order valence-corrected chi connectivity index (χ1v) is 5.90. The minimum Gasteiger partial charge on any atom is -0.494 e. The number of nitrogens with zero attached hydrogens (tertiary/aromatic N) is 1. The van der Waals surface area contributed by atoms with Crippen LogP contribution in [0.25, 0.3) is 0 Å². The Morgan fingerprint density at radius 1 is 1.20 bits per heavy atom. The summed E-state index contributed by atoms with van der Waals surface area (Å²) in [5.41, 5.74) is 1.29. The first kappa shape index (κ1) is 13.8. The van der Waals surface area contributed by atoms with Gasteiger partial charge in [0.15, 0.2) is 0 Å². The van der Waals surface area contributed by atoms with Crippen molar-refractivity contribution < 1.29 is 13.5 Å². The third-order valence-corrected chi connectivity index (χ3v) is 2.81. The molecule has 0 amide bonds. The number of ether oxygens (including phenoxy) is 1. The quantitative estimate of drug-likeness (QED) is 0.928. The Kier molecular flexibility index (Phi) is 4.16. The molecule has 3 nitrogen and oxygen atoms in total. The van der Waals surface area contributed by atoms with Crippen molar-refractivity contribution in [2.45, 2.75) is 6.54 Å². The van der Waals surface area contributed by atoms with E-state index in [0.717, 1.165) is 0 Å². The van der Waals surface area contributed by atoms with Crippen LogP contribution in [-0.4, -0.2) is 7.11 Å². The molecule has 0 heterocycles. The van der Waals surface area contributed by atoms with Gasteiger partial charge in [-0.15, -0.1) is 0 Å². The highest BCUT2D eigenvalue weighted by Gasteiger charge is 2.07. The van der Waals surface area contributed by atoms with Gasteiger partial charge >= 0.3 is 0 Å². The van der Waals surface area contributed by atoms with Gasteiger partial charge in [0.2, 0.25) is 0 Å². The van der Waals surface area contributed by atoms with Gasteiger partial charge in [-0.1, -0.05) is 0 Å². The van der Waals surface area contributed by atoms with Crippen molar-refractivity contribution in [1.29, 1.82) is 5.26 Å². The summed E-state index contributed by atoms with van der Waals surface area (Å²) in [6.07, 6.45) is 0. The van der Waals surface area contributed by atoms with Crippen molar-refractivity contribution in [2.24, 2.45) is 0 Å². The van der Waals surface area contributed by atoms with E-state index in [1.54, 1.807) is 0 Å². The molecule has 0 saturated heterocycles. The highest BCUT2D eigenvalue weighted by molar-refractivity contribution is 5.56. The molecule has 0 aliphatic carbocycles. The predicted molar refractivity (Wildman–Crippen MR) is 71.4 cm³/mol. The molecule has 0 fully saturated rings. The van der Waals surface area contributed by atoms with E-state index < -0.39 is 11.6 Å². The van der Waals surface area contributed by atoms with E-state index in [1.807, 2.05) is 6.07 Å². The molecule has 0 bridgehead atoms. The van der Waals surface area contributed by atoms with Crippen molar-refractivity contribution in [3.63, 3.8) is 0 Å². The second-order valence-corrected chi connectivity index (χ2v) is 4.12. The van der Waals surface area contributed by atoms with E-state index in [0.29, 0.717) is 22.6 Å². The second-order valence-electron chi connectivity index (χ2n) is 4.12. The summed E-state index contributed by atoms with van der Waals surface area (Å²) >= 11 is 0. The average Bonchev–Trinajstić information content (AvgIpc) is 2.47. The number of methoxy groups -OCH3 is 1. The van der Waals surface area contributed by atoms with E-state index in [2.05, 4.69) is 5.32 Å². The van der Waals surface area contributed by atoms with E-state index >= 15 is 0 Å². The maximum Gasteiger partial charge on any atom is 0.144 e. The number of nitrogens with one attached hydrogen (secondary N) is 1. The lowest BCUT2D eigenvalue weighted by atomic mass is 10.1. The number of nitriles is 1. The standard InChI is InChI=1S/C15H12F2N2O/c1-20-15-7-12(16)3-5-14(15)19-9-11-6-10(8-18)2-4-13(11)17/h2-7,19H,9H2,1H3. The fraction of sp³-hybridized carbons (Fsp3) is 0.133. The molecule has 0 radical (unpaired) electrons. The van der Waals surface area contributed by atoms with Crippen LogP contribution < -0.4 is 10.1 Å². The first-order chi connectivity index (χ1) is 9.63. The lowest BCUT2D eigenvalue weighted by Gasteiger charge is -2.11. The van der Waals surface area contributed by atoms with Gasteiger partial charge in [0, 0.05) is 18.2 Å². The normalized spacial score (nSPS) is 9.90. The molecule has 0 saturated carbocycles.